The van der Waals surface area contributed by atoms with Crippen molar-refractivity contribution in [3.63, 3.8) is 0 Å². The Morgan fingerprint density at radius 1 is 0.588 bits per heavy atom. The van der Waals surface area contributed by atoms with Crippen LogP contribution in [0.3, 0.4) is 0 Å². The van der Waals surface area contributed by atoms with Crippen molar-refractivity contribution in [1.82, 2.24) is 0 Å². The van der Waals surface area contributed by atoms with Gasteiger partial charge in [-0.3, -0.25) is 0 Å². The Hall–Kier alpha value is 0.350. The lowest BCUT2D eigenvalue weighted by molar-refractivity contribution is 0.504. The maximum Gasteiger partial charge on any atom is 0.00369 e. The fourth-order valence-corrected chi connectivity index (χ4v) is 2.45. The zero-order valence-corrected chi connectivity index (χ0v) is 13.0. The number of rotatable bonds is 13. The summed E-state index contributed by atoms with van der Waals surface area (Å²) >= 11 is 4.94. The highest BCUT2D eigenvalue weighted by molar-refractivity contribution is 7.80. The molecule has 0 bridgehead atoms. The summed E-state index contributed by atoms with van der Waals surface area (Å²) in [4.78, 5) is 0. The van der Waals surface area contributed by atoms with Crippen LogP contribution in [0.1, 0.15) is 90.9 Å². The third-order valence-corrected chi connectivity index (χ3v) is 3.71. The van der Waals surface area contributed by atoms with Crippen molar-refractivity contribution in [3.8, 4) is 0 Å². The van der Waals surface area contributed by atoms with E-state index in [2.05, 4.69) is 13.8 Å². The van der Waals surface area contributed by atoms with Gasteiger partial charge in [-0.15, -0.1) is 0 Å². The summed E-state index contributed by atoms with van der Waals surface area (Å²) in [5.74, 6) is 1.85. The zero-order chi connectivity index (χ0) is 12.8. The molecule has 0 unspecified atom stereocenters. The first-order valence-electron chi connectivity index (χ1n) is 7.85. The third-order valence-electron chi connectivity index (χ3n) is 3.43. The molecule has 103 valence electrons. The van der Waals surface area contributed by atoms with Crippen LogP contribution in [0.5, 0.6) is 0 Å². The molecule has 0 aliphatic heterocycles. The average molecular weight is 258 g/mol. The molecule has 1 radical (unpaired) electrons. The van der Waals surface area contributed by atoms with E-state index in [1.54, 1.807) is 0 Å². The van der Waals surface area contributed by atoms with E-state index in [4.69, 9.17) is 12.6 Å². The van der Waals surface area contributed by atoms with Crippen molar-refractivity contribution in [2.75, 3.05) is 5.75 Å². The maximum absolute atomic E-state index is 4.94. The van der Waals surface area contributed by atoms with Crippen molar-refractivity contribution in [2.24, 2.45) is 5.92 Å². The highest BCUT2D eigenvalue weighted by atomic mass is 32.1. The van der Waals surface area contributed by atoms with E-state index in [1.165, 1.54) is 77.0 Å². The summed E-state index contributed by atoms with van der Waals surface area (Å²) in [5, 5.41) is 0. The van der Waals surface area contributed by atoms with Gasteiger partial charge in [-0.2, -0.15) is 0 Å². The van der Waals surface area contributed by atoms with Gasteiger partial charge in [-0.05, 0) is 12.3 Å². The Morgan fingerprint density at radius 2 is 0.941 bits per heavy atom. The topological polar surface area (TPSA) is 0 Å². The van der Waals surface area contributed by atoms with Crippen LogP contribution in [0.4, 0.5) is 0 Å². The van der Waals surface area contributed by atoms with Crippen molar-refractivity contribution in [1.29, 1.82) is 0 Å². The van der Waals surface area contributed by atoms with Crippen LogP contribution in [0.2, 0.25) is 0 Å². The standard InChI is InChI=1S/C16H33S/c1-16(2)14-12-10-8-6-4-3-5-7-9-11-13-15-17/h16H,3-15H2,1-2H3. The van der Waals surface area contributed by atoms with Gasteiger partial charge in [0.15, 0.2) is 0 Å². The van der Waals surface area contributed by atoms with Gasteiger partial charge in [-0.1, -0.05) is 97.1 Å². The van der Waals surface area contributed by atoms with Crippen molar-refractivity contribution < 1.29 is 0 Å². The molecule has 0 aliphatic rings. The van der Waals surface area contributed by atoms with E-state index in [0.717, 1.165) is 11.7 Å². The van der Waals surface area contributed by atoms with Gasteiger partial charge in [0.25, 0.3) is 0 Å². The fourth-order valence-electron chi connectivity index (χ4n) is 2.25. The lowest BCUT2D eigenvalue weighted by Gasteiger charge is -2.04. The van der Waals surface area contributed by atoms with E-state index in [-0.39, 0.29) is 0 Å². The summed E-state index contributed by atoms with van der Waals surface area (Å²) in [6.07, 6.45) is 17.1. The van der Waals surface area contributed by atoms with Crippen LogP contribution in [0.15, 0.2) is 0 Å². The Labute approximate surface area is 115 Å². The molecule has 0 aliphatic carbocycles. The summed E-state index contributed by atoms with van der Waals surface area (Å²) < 4.78 is 0. The van der Waals surface area contributed by atoms with Gasteiger partial charge in [0, 0.05) is 5.75 Å². The second kappa shape index (κ2) is 14.4. The first-order valence-corrected chi connectivity index (χ1v) is 8.43. The van der Waals surface area contributed by atoms with E-state index in [1.807, 2.05) is 0 Å². The molecule has 0 saturated carbocycles. The van der Waals surface area contributed by atoms with Gasteiger partial charge >= 0.3 is 0 Å². The summed E-state index contributed by atoms with van der Waals surface area (Å²) in [7, 11) is 0. The molecular weight excluding hydrogens is 224 g/mol. The molecule has 0 heterocycles. The fraction of sp³-hybridized carbons (Fsp3) is 1.00. The van der Waals surface area contributed by atoms with Gasteiger partial charge in [0.1, 0.15) is 0 Å². The minimum Gasteiger partial charge on any atom is -0.0942 e. The van der Waals surface area contributed by atoms with E-state index in [9.17, 15) is 0 Å². The predicted octanol–water partition coefficient (Wildman–Crippen LogP) is 6.52. The minimum absolute atomic E-state index is 0.894. The van der Waals surface area contributed by atoms with Crippen LogP contribution in [-0.4, -0.2) is 5.75 Å². The Bertz CT molecular complexity index is 131. The Morgan fingerprint density at radius 3 is 1.29 bits per heavy atom. The molecule has 0 aromatic heterocycles. The van der Waals surface area contributed by atoms with Crippen molar-refractivity contribution in [2.45, 2.75) is 90.9 Å². The van der Waals surface area contributed by atoms with Crippen LogP contribution < -0.4 is 0 Å². The SMILES string of the molecule is CC(C)CCCCCCCCCCCCC[S]. The molecule has 0 saturated heterocycles. The maximum atomic E-state index is 4.94. The van der Waals surface area contributed by atoms with E-state index < -0.39 is 0 Å². The lowest BCUT2D eigenvalue weighted by Crippen LogP contribution is -1.87. The number of unbranched alkanes of at least 4 members (excludes halogenated alkanes) is 10. The van der Waals surface area contributed by atoms with Gasteiger partial charge in [0.05, 0.1) is 0 Å². The predicted molar refractivity (Wildman–Crippen MR) is 82.7 cm³/mol. The second-order valence-electron chi connectivity index (χ2n) is 5.78. The monoisotopic (exact) mass is 257 g/mol. The van der Waals surface area contributed by atoms with Gasteiger partial charge in [-0.25, -0.2) is 0 Å². The molecule has 0 aromatic carbocycles. The Kier molecular flexibility index (Phi) is 14.7. The smallest absolute Gasteiger partial charge is 0.00369 e. The van der Waals surface area contributed by atoms with E-state index >= 15 is 0 Å². The molecule has 0 rings (SSSR count). The normalized spacial score (nSPS) is 11.3. The van der Waals surface area contributed by atoms with Crippen LogP contribution >= 0.6 is 12.6 Å². The Balaban J connectivity index is 2.89. The van der Waals surface area contributed by atoms with Crippen molar-refractivity contribution in [3.05, 3.63) is 0 Å². The third kappa shape index (κ3) is 16.4. The summed E-state index contributed by atoms with van der Waals surface area (Å²) in [5.41, 5.74) is 0. The van der Waals surface area contributed by atoms with E-state index in [0.29, 0.717) is 0 Å². The molecule has 0 amide bonds. The number of hydrogen-bond donors (Lipinski definition) is 0. The molecule has 1 heteroatoms. The minimum atomic E-state index is 0.894. The molecular formula is C16H33S. The number of hydrogen-bond acceptors (Lipinski definition) is 0. The molecule has 0 aromatic rings. The van der Waals surface area contributed by atoms with Gasteiger partial charge < -0.3 is 0 Å². The average Bonchev–Trinajstić information content (AvgIpc) is 2.30. The molecule has 0 nitrogen and oxygen atoms in total. The van der Waals surface area contributed by atoms with Crippen LogP contribution in [0.25, 0.3) is 0 Å². The second-order valence-corrected chi connectivity index (χ2v) is 6.18. The first-order chi connectivity index (χ1) is 8.27. The highest BCUT2D eigenvalue weighted by Crippen LogP contribution is 2.13. The largest absolute Gasteiger partial charge is 0.0942 e. The van der Waals surface area contributed by atoms with Crippen molar-refractivity contribution >= 4 is 12.6 Å². The molecule has 0 atom stereocenters. The molecule has 0 fully saturated rings. The molecule has 0 N–H and O–H groups in total. The lowest BCUT2D eigenvalue weighted by atomic mass is 10.0. The first kappa shape index (κ1) is 17.4. The molecule has 17 heavy (non-hydrogen) atoms. The highest BCUT2D eigenvalue weighted by Gasteiger charge is 1.95. The summed E-state index contributed by atoms with van der Waals surface area (Å²) in [6, 6.07) is 0. The van der Waals surface area contributed by atoms with Crippen LogP contribution in [-0.2, 0) is 0 Å². The molecule has 0 spiro atoms. The summed E-state index contributed by atoms with van der Waals surface area (Å²) in [6.45, 7) is 4.65. The quantitative estimate of drug-likeness (QED) is 0.329. The van der Waals surface area contributed by atoms with Crippen LogP contribution in [0, 0.1) is 5.92 Å². The van der Waals surface area contributed by atoms with Gasteiger partial charge in [0.2, 0.25) is 0 Å². The zero-order valence-electron chi connectivity index (χ0n) is 12.2.